The molecule has 4 nitrogen and oxygen atoms in total. The van der Waals surface area contributed by atoms with Crippen molar-refractivity contribution in [1.29, 1.82) is 0 Å². The minimum Gasteiger partial charge on any atom is -0.352 e. The lowest BCUT2D eigenvalue weighted by molar-refractivity contribution is -0.141. The Hall–Kier alpha value is -1.98. The van der Waals surface area contributed by atoms with Gasteiger partial charge in [-0.1, -0.05) is 86.3 Å². The third kappa shape index (κ3) is 8.08. The molecule has 33 heavy (non-hydrogen) atoms. The van der Waals surface area contributed by atoms with Crippen molar-refractivity contribution in [2.45, 2.75) is 76.3 Å². The SMILES string of the molecule is CC[C@H](C(=O)NC1CCCCC1)N(Cc1ccccc1Cl)C(=O)CCSCc1ccccc1. The predicted octanol–water partition coefficient (Wildman–Crippen LogP) is 6.22. The zero-order valence-corrected chi connectivity index (χ0v) is 21.0. The molecule has 1 atom stereocenters. The number of halogens is 1. The molecule has 1 aliphatic carbocycles. The molecule has 6 heteroatoms. The van der Waals surface area contributed by atoms with Gasteiger partial charge in [-0.15, -0.1) is 0 Å². The number of carbonyl (C=O) groups excluding carboxylic acids is 2. The molecule has 0 bridgehead atoms. The number of thioether (sulfide) groups is 1. The van der Waals surface area contributed by atoms with Crippen LogP contribution in [0, 0.1) is 0 Å². The third-order valence-corrected chi connectivity index (χ3v) is 7.61. The number of benzene rings is 2. The second-order valence-electron chi connectivity index (χ2n) is 8.67. The summed E-state index contributed by atoms with van der Waals surface area (Å²) in [6, 6.07) is 17.6. The van der Waals surface area contributed by atoms with Crippen LogP contribution in [-0.4, -0.2) is 34.6 Å². The first-order chi connectivity index (χ1) is 16.1. The van der Waals surface area contributed by atoms with Gasteiger partial charge < -0.3 is 10.2 Å². The molecule has 0 aromatic heterocycles. The predicted molar refractivity (Wildman–Crippen MR) is 138 cm³/mol. The van der Waals surface area contributed by atoms with Crippen LogP contribution < -0.4 is 5.32 Å². The van der Waals surface area contributed by atoms with Crippen molar-refractivity contribution in [3.63, 3.8) is 0 Å². The maximum atomic E-state index is 13.4. The van der Waals surface area contributed by atoms with Gasteiger partial charge in [-0.05, 0) is 36.5 Å². The van der Waals surface area contributed by atoms with Gasteiger partial charge in [0, 0.05) is 35.5 Å². The highest BCUT2D eigenvalue weighted by Gasteiger charge is 2.30. The molecule has 2 aromatic rings. The van der Waals surface area contributed by atoms with Gasteiger partial charge in [0.15, 0.2) is 0 Å². The maximum absolute atomic E-state index is 13.4. The van der Waals surface area contributed by atoms with Gasteiger partial charge in [-0.2, -0.15) is 11.8 Å². The van der Waals surface area contributed by atoms with E-state index in [1.165, 1.54) is 12.0 Å². The summed E-state index contributed by atoms with van der Waals surface area (Å²) in [4.78, 5) is 28.3. The maximum Gasteiger partial charge on any atom is 0.243 e. The molecular weight excluding hydrogens is 452 g/mol. The second-order valence-corrected chi connectivity index (χ2v) is 10.2. The Morgan fingerprint density at radius 3 is 2.45 bits per heavy atom. The first kappa shape index (κ1) is 25.6. The van der Waals surface area contributed by atoms with E-state index >= 15 is 0 Å². The highest BCUT2D eigenvalue weighted by Crippen LogP contribution is 2.22. The average molecular weight is 487 g/mol. The zero-order chi connectivity index (χ0) is 23.5. The third-order valence-electron chi connectivity index (χ3n) is 6.21. The van der Waals surface area contributed by atoms with E-state index in [9.17, 15) is 9.59 Å². The van der Waals surface area contributed by atoms with Crippen LogP contribution in [0.1, 0.15) is 63.0 Å². The monoisotopic (exact) mass is 486 g/mol. The molecule has 1 saturated carbocycles. The van der Waals surface area contributed by atoms with E-state index < -0.39 is 6.04 Å². The Kier molecular flexibility index (Phi) is 10.6. The minimum atomic E-state index is -0.491. The van der Waals surface area contributed by atoms with Crippen LogP contribution in [0.4, 0.5) is 0 Å². The summed E-state index contributed by atoms with van der Waals surface area (Å²) < 4.78 is 0. The molecule has 0 unspecified atom stereocenters. The van der Waals surface area contributed by atoms with Crippen molar-refractivity contribution in [3.8, 4) is 0 Å². The van der Waals surface area contributed by atoms with Gasteiger partial charge in [-0.25, -0.2) is 0 Å². The molecule has 0 heterocycles. The van der Waals surface area contributed by atoms with Crippen LogP contribution in [0.15, 0.2) is 54.6 Å². The van der Waals surface area contributed by atoms with E-state index in [1.54, 1.807) is 16.7 Å². The smallest absolute Gasteiger partial charge is 0.243 e. The van der Waals surface area contributed by atoms with Crippen LogP contribution >= 0.6 is 23.4 Å². The van der Waals surface area contributed by atoms with Crippen molar-refractivity contribution in [1.82, 2.24) is 10.2 Å². The molecule has 0 aliphatic heterocycles. The number of amides is 2. The summed E-state index contributed by atoms with van der Waals surface area (Å²) in [6.07, 6.45) is 6.57. The fourth-order valence-electron chi connectivity index (χ4n) is 4.34. The molecule has 3 rings (SSSR count). The molecule has 0 spiro atoms. The summed E-state index contributed by atoms with van der Waals surface area (Å²) in [7, 11) is 0. The number of nitrogens with zero attached hydrogens (tertiary/aromatic N) is 1. The number of rotatable bonds is 11. The van der Waals surface area contributed by atoms with Crippen LogP contribution in [0.25, 0.3) is 0 Å². The molecular formula is C27H35ClN2O2S. The fraction of sp³-hybridized carbons (Fsp3) is 0.481. The first-order valence-corrected chi connectivity index (χ1v) is 13.6. The van der Waals surface area contributed by atoms with Gasteiger partial charge in [-0.3, -0.25) is 9.59 Å². The summed E-state index contributed by atoms with van der Waals surface area (Å²) in [5, 5.41) is 3.84. The van der Waals surface area contributed by atoms with Crippen molar-refractivity contribution < 1.29 is 9.59 Å². The Balaban J connectivity index is 1.66. The van der Waals surface area contributed by atoms with Gasteiger partial charge in [0.05, 0.1) is 0 Å². The van der Waals surface area contributed by atoms with Gasteiger partial charge in [0.2, 0.25) is 11.8 Å². The first-order valence-electron chi connectivity index (χ1n) is 12.0. The number of hydrogen-bond donors (Lipinski definition) is 1. The number of nitrogens with one attached hydrogen (secondary N) is 1. The molecule has 178 valence electrons. The van der Waals surface area contributed by atoms with E-state index in [1.807, 2.05) is 49.4 Å². The topological polar surface area (TPSA) is 49.4 Å². The van der Waals surface area contributed by atoms with E-state index in [0.717, 1.165) is 37.0 Å². The normalized spacial score (nSPS) is 15.1. The second kappa shape index (κ2) is 13.7. The number of carbonyl (C=O) groups is 2. The lowest BCUT2D eigenvalue weighted by atomic mass is 9.95. The van der Waals surface area contributed by atoms with Crippen molar-refractivity contribution in [2.75, 3.05) is 5.75 Å². The van der Waals surface area contributed by atoms with E-state index in [4.69, 9.17) is 11.6 Å². The summed E-state index contributed by atoms with van der Waals surface area (Å²) in [5.41, 5.74) is 2.12. The van der Waals surface area contributed by atoms with Crippen molar-refractivity contribution >= 4 is 35.2 Å². The molecule has 0 radical (unpaired) electrons. The molecule has 2 aromatic carbocycles. The van der Waals surface area contributed by atoms with E-state index in [0.29, 0.717) is 30.2 Å². The van der Waals surface area contributed by atoms with E-state index in [-0.39, 0.29) is 17.9 Å². The van der Waals surface area contributed by atoms with Crippen LogP contribution in [0.5, 0.6) is 0 Å². The molecule has 1 aliphatic rings. The zero-order valence-electron chi connectivity index (χ0n) is 19.5. The molecule has 2 amide bonds. The largest absolute Gasteiger partial charge is 0.352 e. The Labute approximate surface area is 207 Å². The molecule has 1 N–H and O–H groups in total. The van der Waals surface area contributed by atoms with Crippen LogP contribution in [0.2, 0.25) is 5.02 Å². The van der Waals surface area contributed by atoms with Gasteiger partial charge >= 0.3 is 0 Å². The highest BCUT2D eigenvalue weighted by molar-refractivity contribution is 7.98. The molecule has 1 fully saturated rings. The van der Waals surface area contributed by atoms with E-state index in [2.05, 4.69) is 17.4 Å². The Morgan fingerprint density at radius 1 is 1.06 bits per heavy atom. The summed E-state index contributed by atoms with van der Waals surface area (Å²) >= 11 is 8.15. The Bertz CT molecular complexity index is 887. The molecule has 0 saturated heterocycles. The lowest BCUT2D eigenvalue weighted by Gasteiger charge is -2.33. The quantitative estimate of drug-likeness (QED) is 0.383. The Morgan fingerprint density at radius 2 is 1.76 bits per heavy atom. The minimum absolute atomic E-state index is 0.00104. The summed E-state index contributed by atoms with van der Waals surface area (Å²) in [6.45, 7) is 2.32. The van der Waals surface area contributed by atoms with Crippen molar-refractivity contribution in [3.05, 3.63) is 70.7 Å². The fourth-order valence-corrected chi connectivity index (χ4v) is 5.43. The summed E-state index contributed by atoms with van der Waals surface area (Å²) in [5.74, 6) is 1.55. The standard InChI is InChI=1S/C27H35ClN2O2S/c1-2-25(27(32)29-23-14-7-4-8-15-23)30(19-22-13-9-10-16-24(22)28)26(31)17-18-33-20-21-11-5-3-6-12-21/h3,5-6,9-13,16,23,25H,2,4,7-8,14-15,17-20H2,1H3,(H,29,32)/t25-/m1/s1. The van der Waals surface area contributed by atoms with Crippen molar-refractivity contribution in [2.24, 2.45) is 0 Å². The average Bonchev–Trinajstić information content (AvgIpc) is 2.84. The van der Waals surface area contributed by atoms with Gasteiger partial charge in [0.1, 0.15) is 6.04 Å². The number of hydrogen-bond acceptors (Lipinski definition) is 3. The van der Waals surface area contributed by atoms with Crippen LogP contribution in [-0.2, 0) is 21.9 Å². The van der Waals surface area contributed by atoms with Crippen LogP contribution in [0.3, 0.4) is 0 Å². The highest BCUT2D eigenvalue weighted by atomic mass is 35.5. The lowest BCUT2D eigenvalue weighted by Crippen LogP contribution is -2.51. The van der Waals surface area contributed by atoms with Gasteiger partial charge in [0.25, 0.3) is 0 Å².